The molecule has 0 fully saturated rings. The third-order valence-electron chi connectivity index (χ3n) is 4.85. The van der Waals surface area contributed by atoms with Crippen molar-refractivity contribution in [2.24, 2.45) is 7.05 Å². The Morgan fingerprint density at radius 1 is 0.969 bits per heavy atom. The SMILES string of the molecule is Cn1cc(C(=O)NNC(=O)c2cccc(S(=O)(=O)NCc3cccs3)c2)c2ccccc21. The summed E-state index contributed by atoms with van der Waals surface area (Å²) in [6, 6.07) is 16.7. The van der Waals surface area contributed by atoms with Crippen molar-refractivity contribution >= 4 is 44.1 Å². The Hall–Kier alpha value is -3.47. The first-order valence-electron chi connectivity index (χ1n) is 9.62. The minimum Gasteiger partial charge on any atom is -0.350 e. The van der Waals surface area contributed by atoms with E-state index in [0.717, 1.165) is 15.8 Å². The molecule has 2 amide bonds. The van der Waals surface area contributed by atoms with Gasteiger partial charge in [-0.1, -0.05) is 30.3 Å². The average molecular weight is 469 g/mol. The highest BCUT2D eigenvalue weighted by molar-refractivity contribution is 7.89. The van der Waals surface area contributed by atoms with Gasteiger partial charge in [0, 0.05) is 41.1 Å². The number of sulfonamides is 1. The maximum absolute atomic E-state index is 12.6. The molecular formula is C22H20N4O4S2. The van der Waals surface area contributed by atoms with Crippen molar-refractivity contribution in [2.45, 2.75) is 11.4 Å². The van der Waals surface area contributed by atoms with Crippen LogP contribution in [0.4, 0.5) is 0 Å². The van der Waals surface area contributed by atoms with Crippen molar-refractivity contribution in [3.05, 3.63) is 88.2 Å². The molecule has 0 spiro atoms. The maximum atomic E-state index is 12.6. The van der Waals surface area contributed by atoms with E-state index in [4.69, 9.17) is 0 Å². The van der Waals surface area contributed by atoms with E-state index in [9.17, 15) is 18.0 Å². The number of hydrogen-bond acceptors (Lipinski definition) is 5. The molecule has 2 aromatic heterocycles. The number of aromatic nitrogens is 1. The quantitative estimate of drug-likeness (QED) is 0.378. The van der Waals surface area contributed by atoms with E-state index in [2.05, 4.69) is 15.6 Å². The number of hydrogen-bond donors (Lipinski definition) is 3. The molecule has 0 saturated heterocycles. The molecule has 164 valence electrons. The number of hydrazine groups is 1. The average Bonchev–Trinajstić information content (AvgIpc) is 3.44. The second-order valence-corrected chi connectivity index (χ2v) is 9.81. The topological polar surface area (TPSA) is 109 Å². The summed E-state index contributed by atoms with van der Waals surface area (Å²) in [7, 11) is -1.97. The third kappa shape index (κ3) is 4.57. The highest BCUT2D eigenvalue weighted by atomic mass is 32.2. The van der Waals surface area contributed by atoms with Crippen LogP contribution in [0.3, 0.4) is 0 Å². The Balaban J connectivity index is 1.44. The van der Waals surface area contributed by atoms with Gasteiger partial charge in [-0.05, 0) is 35.7 Å². The molecule has 0 radical (unpaired) electrons. The Labute approximate surface area is 188 Å². The summed E-state index contributed by atoms with van der Waals surface area (Å²) < 4.78 is 29.5. The lowest BCUT2D eigenvalue weighted by Crippen LogP contribution is -2.41. The number of aryl methyl sites for hydroxylation is 1. The molecule has 0 aliphatic carbocycles. The molecule has 3 N–H and O–H groups in total. The minimum atomic E-state index is -3.80. The normalized spacial score (nSPS) is 11.4. The van der Waals surface area contributed by atoms with Crippen LogP contribution in [0.1, 0.15) is 25.6 Å². The minimum absolute atomic E-state index is 0.0397. The first-order valence-corrected chi connectivity index (χ1v) is 12.0. The van der Waals surface area contributed by atoms with Crippen LogP contribution in [-0.4, -0.2) is 24.8 Å². The van der Waals surface area contributed by atoms with E-state index in [1.165, 1.54) is 35.6 Å². The molecule has 0 saturated carbocycles. The van der Waals surface area contributed by atoms with Gasteiger partial charge < -0.3 is 4.57 Å². The zero-order chi connectivity index (χ0) is 22.7. The fraction of sp³-hybridized carbons (Fsp3) is 0.0909. The summed E-state index contributed by atoms with van der Waals surface area (Å²) in [5, 5.41) is 2.62. The van der Waals surface area contributed by atoms with E-state index in [1.54, 1.807) is 6.20 Å². The number of carbonyl (C=O) groups excluding carboxylic acids is 2. The number of para-hydroxylation sites is 1. The molecule has 2 heterocycles. The van der Waals surface area contributed by atoms with E-state index in [-0.39, 0.29) is 17.0 Å². The fourth-order valence-corrected chi connectivity index (χ4v) is 5.03. The number of rotatable bonds is 6. The molecule has 0 aliphatic heterocycles. The first-order chi connectivity index (χ1) is 15.3. The highest BCUT2D eigenvalue weighted by Gasteiger charge is 2.18. The Morgan fingerprint density at radius 2 is 1.75 bits per heavy atom. The predicted octanol–water partition coefficient (Wildman–Crippen LogP) is 2.79. The van der Waals surface area contributed by atoms with Gasteiger partial charge in [-0.15, -0.1) is 11.3 Å². The molecular weight excluding hydrogens is 448 g/mol. The molecule has 2 aromatic carbocycles. The number of fused-ring (bicyclic) bond motifs is 1. The van der Waals surface area contributed by atoms with Crippen LogP contribution in [0, 0.1) is 0 Å². The van der Waals surface area contributed by atoms with Crippen LogP contribution >= 0.6 is 11.3 Å². The Bertz CT molecular complexity index is 1390. The summed E-state index contributed by atoms with van der Waals surface area (Å²) in [5.41, 5.74) is 6.13. The monoisotopic (exact) mass is 468 g/mol. The summed E-state index contributed by atoms with van der Waals surface area (Å²) in [6.07, 6.45) is 1.68. The van der Waals surface area contributed by atoms with E-state index >= 15 is 0 Å². The van der Waals surface area contributed by atoms with E-state index in [1.807, 2.05) is 53.4 Å². The van der Waals surface area contributed by atoms with Crippen LogP contribution in [0.25, 0.3) is 10.9 Å². The van der Waals surface area contributed by atoms with Gasteiger partial charge in [0.25, 0.3) is 11.8 Å². The van der Waals surface area contributed by atoms with Crippen molar-refractivity contribution < 1.29 is 18.0 Å². The molecule has 32 heavy (non-hydrogen) atoms. The van der Waals surface area contributed by atoms with Gasteiger partial charge in [-0.25, -0.2) is 13.1 Å². The summed E-state index contributed by atoms with van der Waals surface area (Å²) >= 11 is 1.44. The van der Waals surface area contributed by atoms with Crippen molar-refractivity contribution in [1.29, 1.82) is 0 Å². The van der Waals surface area contributed by atoms with Crippen LogP contribution < -0.4 is 15.6 Å². The van der Waals surface area contributed by atoms with E-state index in [0.29, 0.717) is 5.56 Å². The Kier molecular flexibility index (Phi) is 6.08. The maximum Gasteiger partial charge on any atom is 0.271 e. The smallest absolute Gasteiger partial charge is 0.271 e. The van der Waals surface area contributed by atoms with Crippen LogP contribution in [0.2, 0.25) is 0 Å². The third-order valence-corrected chi connectivity index (χ3v) is 7.13. The van der Waals surface area contributed by atoms with Crippen LogP contribution in [-0.2, 0) is 23.6 Å². The van der Waals surface area contributed by atoms with Gasteiger partial charge in [0.2, 0.25) is 10.0 Å². The van der Waals surface area contributed by atoms with Crippen LogP contribution in [0.5, 0.6) is 0 Å². The summed E-state index contributed by atoms with van der Waals surface area (Å²) in [4.78, 5) is 26.0. The summed E-state index contributed by atoms with van der Waals surface area (Å²) in [6.45, 7) is 0.164. The number of nitrogens with one attached hydrogen (secondary N) is 3. The molecule has 0 bridgehead atoms. The number of benzene rings is 2. The zero-order valence-corrected chi connectivity index (χ0v) is 18.7. The summed E-state index contributed by atoms with van der Waals surface area (Å²) in [5.74, 6) is -1.11. The van der Waals surface area contributed by atoms with Gasteiger partial charge >= 0.3 is 0 Å². The van der Waals surface area contributed by atoms with Gasteiger partial charge in [0.1, 0.15) is 0 Å². The van der Waals surface area contributed by atoms with Gasteiger partial charge in [0.05, 0.1) is 10.5 Å². The standard InChI is InChI=1S/C22H20N4O4S2/c1-26-14-19(18-9-2-3-10-20(18)26)22(28)25-24-21(27)15-6-4-8-17(12-15)32(29,30)23-13-16-7-5-11-31-16/h2-12,14,23H,13H2,1H3,(H,24,27)(H,25,28). The molecule has 0 unspecified atom stereocenters. The fourth-order valence-electron chi connectivity index (χ4n) is 3.24. The number of carbonyl (C=O) groups is 2. The van der Waals surface area contributed by atoms with Gasteiger partial charge in [-0.2, -0.15) is 0 Å². The highest BCUT2D eigenvalue weighted by Crippen LogP contribution is 2.20. The predicted molar refractivity (Wildman–Crippen MR) is 123 cm³/mol. The number of thiophene rings is 1. The van der Waals surface area contributed by atoms with Crippen molar-refractivity contribution in [2.75, 3.05) is 0 Å². The lowest BCUT2D eigenvalue weighted by molar-refractivity contribution is 0.0847. The van der Waals surface area contributed by atoms with Crippen molar-refractivity contribution in [1.82, 2.24) is 20.1 Å². The molecule has 4 aromatic rings. The second kappa shape index (κ2) is 8.95. The molecule has 10 heteroatoms. The first kappa shape index (κ1) is 21.8. The van der Waals surface area contributed by atoms with Crippen molar-refractivity contribution in [3.8, 4) is 0 Å². The second-order valence-electron chi connectivity index (χ2n) is 7.01. The lowest BCUT2D eigenvalue weighted by Gasteiger charge is -2.09. The molecule has 0 aliphatic rings. The molecule has 4 rings (SSSR count). The van der Waals surface area contributed by atoms with Gasteiger partial charge in [-0.3, -0.25) is 20.4 Å². The lowest BCUT2D eigenvalue weighted by atomic mass is 10.2. The molecule has 0 atom stereocenters. The zero-order valence-electron chi connectivity index (χ0n) is 17.0. The van der Waals surface area contributed by atoms with Gasteiger partial charge in [0.15, 0.2) is 0 Å². The Morgan fingerprint density at radius 3 is 2.53 bits per heavy atom. The molecule has 8 nitrogen and oxygen atoms in total. The van der Waals surface area contributed by atoms with Crippen LogP contribution in [0.15, 0.2) is 77.1 Å². The largest absolute Gasteiger partial charge is 0.350 e. The number of nitrogens with zero attached hydrogens (tertiary/aromatic N) is 1. The van der Waals surface area contributed by atoms with E-state index < -0.39 is 21.8 Å². The number of amides is 2. The van der Waals surface area contributed by atoms with Crippen molar-refractivity contribution in [3.63, 3.8) is 0 Å².